The highest BCUT2D eigenvalue weighted by Crippen LogP contribution is 2.31. The van der Waals surface area contributed by atoms with Gasteiger partial charge in [0.25, 0.3) is 0 Å². The molecule has 1 aliphatic rings. The lowest BCUT2D eigenvalue weighted by molar-refractivity contribution is -0.121. The van der Waals surface area contributed by atoms with Crippen LogP contribution in [0.2, 0.25) is 0 Å². The van der Waals surface area contributed by atoms with Crippen LogP contribution < -0.4 is 15.4 Å². The first-order chi connectivity index (χ1) is 16.0. The molecular formula is C24H22N4O4S. The Balaban J connectivity index is 1.45. The number of imide groups is 1. The van der Waals surface area contributed by atoms with E-state index in [0.717, 1.165) is 27.4 Å². The third-order valence-corrected chi connectivity index (χ3v) is 6.04. The summed E-state index contributed by atoms with van der Waals surface area (Å²) in [7, 11) is 0. The van der Waals surface area contributed by atoms with Gasteiger partial charge >= 0.3 is 0 Å². The van der Waals surface area contributed by atoms with Crippen LogP contribution in [-0.2, 0) is 9.59 Å². The molecule has 9 heteroatoms. The number of thioether (sulfide) groups is 1. The summed E-state index contributed by atoms with van der Waals surface area (Å²) in [6, 6.07) is 17.8. The minimum absolute atomic E-state index is 0.0146. The molecule has 0 aliphatic carbocycles. The molecule has 8 nitrogen and oxygen atoms in total. The predicted molar refractivity (Wildman–Crippen MR) is 131 cm³/mol. The van der Waals surface area contributed by atoms with E-state index in [-0.39, 0.29) is 29.2 Å². The number of nitrogens with two attached hydrogens (primary N) is 1. The molecule has 1 saturated heterocycles. The lowest BCUT2D eigenvalue weighted by Gasteiger charge is -2.15. The van der Waals surface area contributed by atoms with Crippen molar-refractivity contribution in [1.29, 1.82) is 0 Å². The Bertz CT molecular complexity index is 1260. The summed E-state index contributed by atoms with van der Waals surface area (Å²) in [6.45, 7) is 2.41. The summed E-state index contributed by atoms with van der Waals surface area (Å²) < 4.78 is 5.40. The molecule has 0 saturated carbocycles. The molecule has 2 amide bonds. The summed E-state index contributed by atoms with van der Waals surface area (Å²) >= 11 is 0.986. The average Bonchev–Trinajstić information content (AvgIpc) is 3.08. The molecule has 33 heavy (non-hydrogen) atoms. The number of anilines is 1. The van der Waals surface area contributed by atoms with Crippen molar-refractivity contribution in [3.05, 3.63) is 66.2 Å². The van der Waals surface area contributed by atoms with E-state index in [2.05, 4.69) is 10.2 Å². The maximum Gasteiger partial charge on any atom is 0.247 e. The normalized spacial score (nSPS) is 16.8. The van der Waals surface area contributed by atoms with Crippen molar-refractivity contribution < 1.29 is 19.4 Å². The van der Waals surface area contributed by atoms with E-state index in [9.17, 15) is 14.7 Å². The Morgan fingerprint density at radius 2 is 1.94 bits per heavy atom. The number of amidine groups is 1. The third kappa shape index (κ3) is 4.83. The van der Waals surface area contributed by atoms with Crippen LogP contribution in [0.25, 0.3) is 10.8 Å². The van der Waals surface area contributed by atoms with Crippen LogP contribution in [0.4, 0.5) is 5.69 Å². The highest BCUT2D eigenvalue weighted by Gasteiger charge is 2.40. The molecule has 1 aliphatic heterocycles. The SMILES string of the molecule is CCOc1ccc(N2C(=O)CC(SC(N)=N/N=C\c3c(O)ccc4ccccc34)C2=O)cc1. The number of rotatable bonds is 6. The number of phenolic OH excluding ortho intramolecular Hbond substituents is 1. The molecule has 1 fully saturated rings. The Kier molecular flexibility index (Phi) is 6.60. The Hall–Kier alpha value is -3.85. The Morgan fingerprint density at radius 3 is 2.70 bits per heavy atom. The third-order valence-electron chi connectivity index (χ3n) is 5.06. The van der Waals surface area contributed by atoms with Gasteiger partial charge in [-0.25, -0.2) is 4.90 Å². The number of hydrogen-bond acceptors (Lipinski definition) is 7. The van der Waals surface area contributed by atoms with E-state index in [1.165, 1.54) is 6.21 Å². The summed E-state index contributed by atoms with van der Waals surface area (Å²) in [5.74, 6) is 0.0702. The van der Waals surface area contributed by atoms with E-state index >= 15 is 0 Å². The fourth-order valence-electron chi connectivity index (χ4n) is 3.56. The molecule has 168 valence electrons. The summed E-state index contributed by atoms with van der Waals surface area (Å²) in [6.07, 6.45) is 1.43. The van der Waals surface area contributed by atoms with Gasteiger partial charge in [-0.3, -0.25) is 9.59 Å². The molecular weight excluding hydrogens is 440 g/mol. The van der Waals surface area contributed by atoms with Gasteiger partial charge in [0.05, 0.1) is 18.5 Å². The molecule has 4 rings (SSSR count). The molecule has 0 radical (unpaired) electrons. The molecule has 1 unspecified atom stereocenters. The first kappa shape index (κ1) is 22.3. The smallest absolute Gasteiger partial charge is 0.247 e. The van der Waals surface area contributed by atoms with Crippen molar-refractivity contribution in [1.82, 2.24) is 0 Å². The molecule has 0 spiro atoms. The average molecular weight is 463 g/mol. The number of aromatic hydroxyl groups is 1. The van der Waals surface area contributed by atoms with E-state index < -0.39 is 5.25 Å². The lowest BCUT2D eigenvalue weighted by Crippen LogP contribution is -2.31. The van der Waals surface area contributed by atoms with Gasteiger partial charge in [-0.15, -0.1) is 5.10 Å². The zero-order valence-electron chi connectivity index (χ0n) is 17.8. The summed E-state index contributed by atoms with van der Waals surface area (Å²) in [4.78, 5) is 26.4. The van der Waals surface area contributed by atoms with Gasteiger partial charge in [0.15, 0.2) is 5.17 Å². The van der Waals surface area contributed by atoms with Crippen molar-refractivity contribution in [2.75, 3.05) is 11.5 Å². The second-order valence-electron chi connectivity index (χ2n) is 7.21. The predicted octanol–water partition coefficient (Wildman–Crippen LogP) is 3.66. The summed E-state index contributed by atoms with van der Waals surface area (Å²) in [5.41, 5.74) is 6.95. The molecule has 1 atom stereocenters. The minimum atomic E-state index is -0.686. The first-order valence-corrected chi connectivity index (χ1v) is 11.2. The van der Waals surface area contributed by atoms with Gasteiger partial charge < -0.3 is 15.6 Å². The number of hydrogen-bond donors (Lipinski definition) is 2. The van der Waals surface area contributed by atoms with Crippen LogP contribution >= 0.6 is 11.8 Å². The monoisotopic (exact) mass is 462 g/mol. The quantitative estimate of drug-likeness (QED) is 0.250. The number of fused-ring (bicyclic) bond motifs is 1. The molecule has 0 aromatic heterocycles. The molecule has 1 heterocycles. The fourth-order valence-corrected chi connectivity index (χ4v) is 4.38. The van der Waals surface area contributed by atoms with Crippen LogP contribution in [0.1, 0.15) is 18.9 Å². The number of amides is 2. The van der Waals surface area contributed by atoms with Crippen molar-refractivity contribution in [2.45, 2.75) is 18.6 Å². The van der Waals surface area contributed by atoms with Crippen LogP contribution in [0.15, 0.2) is 70.9 Å². The van der Waals surface area contributed by atoms with Crippen molar-refractivity contribution in [3.8, 4) is 11.5 Å². The lowest BCUT2D eigenvalue weighted by atomic mass is 10.0. The Morgan fingerprint density at radius 1 is 1.18 bits per heavy atom. The van der Waals surface area contributed by atoms with E-state index in [0.29, 0.717) is 23.6 Å². The molecule has 3 N–H and O–H groups in total. The highest BCUT2D eigenvalue weighted by molar-refractivity contribution is 8.14. The van der Waals surface area contributed by atoms with Crippen LogP contribution in [0.5, 0.6) is 11.5 Å². The molecule has 3 aromatic carbocycles. The number of phenols is 1. The van der Waals surface area contributed by atoms with E-state index in [4.69, 9.17) is 10.5 Å². The van der Waals surface area contributed by atoms with Gasteiger partial charge in [-0.1, -0.05) is 42.1 Å². The fraction of sp³-hybridized carbons (Fsp3) is 0.167. The molecule has 0 bridgehead atoms. The first-order valence-electron chi connectivity index (χ1n) is 10.3. The van der Waals surface area contributed by atoms with E-state index in [1.54, 1.807) is 30.3 Å². The standard InChI is InChI=1S/C24H22N4O4S/c1-2-32-17-10-8-16(9-11-17)28-22(30)13-21(23(28)31)33-24(25)27-26-14-19-18-6-4-3-5-15(18)7-12-20(19)29/h3-12,14,21,29H,2,13H2,1H3,(H2,25,27)/b26-14-. The number of carbonyl (C=O) groups excluding carboxylic acids is 2. The molecule has 3 aromatic rings. The maximum absolute atomic E-state index is 12.8. The zero-order valence-corrected chi connectivity index (χ0v) is 18.7. The van der Waals surface area contributed by atoms with Gasteiger partial charge in [0.1, 0.15) is 16.7 Å². The minimum Gasteiger partial charge on any atom is -0.507 e. The van der Waals surface area contributed by atoms with Gasteiger partial charge in [0, 0.05) is 12.0 Å². The van der Waals surface area contributed by atoms with Crippen LogP contribution in [0, 0.1) is 0 Å². The van der Waals surface area contributed by atoms with Crippen molar-refractivity contribution >= 4 is 51.4 Å². The topological polar surface area (TPSA) is 118 Å². The van der Waals surface area contributed by atoms with Crippen molar-refractivity contribution in [2.24, 2.45) is 15.9 Å². The number of benzene rings is 3. The number of carbonyl (C=O) groups is 2. The van der Waals surface area contributed by atoms with Gasteiger partial charge in [0.2, 0.25) is 11.8 Å². The van der Waals surface area contributed by atoms with Crippen LogP contribution in [-0.4, -0.2) is 40.2 Å². The van der Waals surface area contributed by atoms with Gasteiger partial charge in [-0.05, 0) is 48.0 Å². The highest BCUT2D eigenvalue weighted by atomic mass is 32.2. The van der Waals surface area contributed by atoms with Crippen molar-refractivity contribution in [3.63, 3.8) is 0 Å². The maximum atomic E-state index is 12.8. The second kappa shape index (κ2) is 9.74. The van der Waals surface area contributed by atoms with Gasteiger partial charge in [-0.2, -0.15) is 5.10 Å². The van der Waals surface area contributed by atoms with E-state index in [1.807, 2.05) is 37.3 Å². The largest absolute Gasteiger partial charge is 0.507 e. The number of ether oxygens (including phenoxy) is 1. The number of nitrogens with zero attached hydrogens (tertiary/aromatic N) is 3. The Labute approximate surface area is 194 Å². The second-order valence-corrected chi connectivity index (χ2v) is 8.43. The zero-order chi connectivity index (χ0) is 23.4. The van der Waals surface area contributed by atoms with Crippen LogP contribution in [0.3, 0.4) is 0 Å². The summed E-state index contributed by atoms with van der Waals surface area (Å²) in [5, 5.41) is 19.2.